The largest absolute Gasteiger partial charge is 0.381 e. The highest BCUT2D eigenvalue weighted by Crippen LogP contribution is 2.31. The fourth-order valence-corrected chi connectivity index (χ4v) is 4.30. The summed E-state index contributed by atoms with van der Waals surface area (Å²) in [6.07, 6.45) is 9.21. The quantitative estimate of drug-likeness (QED) is 0.820. The maximum atomic E-state index is 12.7. The summed E-state index contributed by atoms with van der Waals surface area (Å²) in [5.41, 5.74) is 5.54. The molecule has 0 unspecified atom stereocenters. The normalized spacial score (nSPS) is 27.9. The van der Waals surface area contributed by atoms with Crippen molar-refractivity contribution in [1.82, 2.24) is 10.2 Å². The Bertz CT molecular complexity index is 368. The van der Waals surface area contributed by atoms with E-state index in [2.05, 4.69) is 10.2 Å². The van der Waals surface area contributed by atoms with Gasteiger partial charge in [0.15, 0.2) is 0 Å². The van der Waals surface area contributed by atoms with Gasteiger partial charge in [-0.3, -0.25) is 4.79 Å². The third-order valence-electron chi connectivity index (χ3n) is 6.03. The van der Waals surface area contributed by atoms with Gasteiger partial charge in [-0.05, 0) is 38.5 Å². The lowest BCUT2D eigenvalue weighted by Crippen LogP contribution is -2.54. The van der Waals surface area contributed by atoms with E-state index in [1.54, 1.807) is 0 Å². The van der Waals surface area contributed by atoms with Gasteiger partial charge >= 0.3 is 0 Å². The van der Waals surface area contributed by atoms with Crippen LogP contribution in [0.1, 0.15) is 51.4 Å². The maximum absolute atomic E-state index is 12.7. The molecule has 0 aromatic heterocycles. The number of amides is 1. The van der Waals surface area contributed by atoms with Gasteiger partial charge in [0, 0.05) is 44.9 Å². The van der Waals surface area contributed by atoms with Crippen LogP contribution >= 0.6 is 0 Å². The molecule has 0 radical (unpaired) electrons. The lowest BCUT2D eigenvalue weighted by atomic mass is 9.79. The molecule has 3 N–H and O–H groups in total. The highest BCUT2D eigenvalue weighted by atomic mass is 16.5. The molecule has 0 bridgehead atoms. The van der Waals surface area contributed by atoms with Crippen LogP contribution in [0.4, 0.5) is 0 Å². The Labute approximate surface area is 133 Å². The van der Waals surface area contributed by atoms with Gasteiger partial charge in [0.05, 0.1) is 5.41 Å². The molecule has 1 saturated carbocycles. The van der Waals surface area contributed by atoms with Crippen molar-refractivity contribution in [2.45, 2.75) is 63.5 Å². The summed E-state index contributed by atoms with van der Waals surface area (Å²) in [6.45, 7) is 4.02. The van der Waals surface area contributed by atoms with E-state index >= 15 is 0 Å². The van der Waals surface area contributed by atoms with Gasteiger partial charge in [-0.2, -0.15) is 0 Å². The second-order valence-corrected chi connectivity index (χ2v) is 7.32. The number of nitrogens with two attached hydrogens (primary N) is 1. The summed E-state index contributed by atoms with van der Waals surface area (Å²) in [5.74, 6) is 0.164. The molecule has 3 fully saturated rings. The highest BCUT2D eigenvalue weighted by Gasteiger charge is 2.40. The molecule has 126 valence electrons. The van der Waals surface area contributed by atoms with Gasteiger partial charge in [0.25, 0.3) is 0 Å². The monoisotopic (exact) mass is 309 g/mol. The van der Waals surface area contributed by atoms with Gasteiger partial charge < -0.3 is 20.7 Å². The molecule has 1 amide bonds. The molecule has 3 rings (SSSR count). The number of ether oxygens (including phenoxy) is 1. The Morgan fingerprint density at radius 3 is 2.36 bits per heavy atom. The van der Waals surface area contributed by atoms with Crippen molar-refractivity contribution in [2.75, 3.05) is 32.8 Å². The van der Waals surface area contributed by atoms with Gasteiger partial charge in [0.2, 0.25) is 5.91 Å². The first kappa shape index (κ1) is 16.2. The zero-order valence-corrected chi connectivity index (χ0v) is 13.7. The summed E-state index contributed by atoms with van der Waals surface area (Å²) in [6, 6.07) is 1.14. The molecule has 1 aliphatic carbocycles. The molecule has 2 saturated heterocycles. The summed E-state index contributed by atoms with van der Waals surface area (Å²) < 4.78 is 5.40. The summed E-state index contributed by atoms with van der Waals surface area (Å²) in [4.78, 5) is 15.3. The van der Waals surface area contributed by atoms with Crippen LogP contribution in [0.25, 0.3) is 0 Å². The van der Waals surface area contributed by atoms with Crippen molar-refractivity contribution >= 4 is 5.91 Å². The Balaban J connectivity index is 1.48. The van der Waals surface area contributed by atoms with E-state index < -0.39 is 0 Å². The van der Waals surface area contributed by atoms with E-state index in [9.17, 15) is 4.79 Å². The third kappa shape index (κ3) is 3.47. The van der Waals surface area contributed by atoms with Crippen molar-refractivity contribution < 1.29 is 9.53 Å². The Hall–Kier alpha value is -0.650. The predicted octanol–water partition coefficient (Wildman–Crippen LogP) is 1.27. The third-order valence-corrected chi connectivity index (χ3v) is 6.03. The first-order valence-corrected chi connectivity index (χ1v) is 9.06. The molecule has 2 heterocycles. The number of rotatable bonds is 4. The summed E-state index contributed by atoms with van der Waals surface area (Å²) >= 11 is 0. The van der Waals surface area contributed by atoms with Crippen molar-refractivity contribution in [3.8, 4) is 0 Å². The smallest absolute Gasteiger partial charge is 0.227 e. The van der Waals surface area contributed by atoms with Gasteiger partial charge in [-0.25, -0.2) is 0 Å². The highest BCUT2D eigenvalue weighted by molar-refractivity contribution is 5.83. The van der Waals surface area contributed by atoms with Crippen LogP contribution in [-0.2, 0) is 9.53 Å². The van der Waals surface area contributed by atoms with Crippen LogP contribution in [0.3, 0.4) is 0 Å². The molecule has 5 nitrogen and oxygen atoms in total. The molecule has 22 heavy (non-hydrogen) atoms. The van der Waals surface area contributed by atoms with E-state index in [1.165, 1.54) is 25.7 Å². The van der Waals surface area contributed by atoms with Crippen LogP contribution in [0.15, 0.2) is 0 Å². The van der Waals surface area contributed by atoms with E-state index in [1.807, 2.05) is 0 Å². The number of carbonyl (C=O) groups is 1. The van der Waals surface area contributed by atoms with Crippen molar-refractivity contribution in [3.05, 3.63) is 0 Å². The average molecular weight is 309 g/mol. The standard InChI is InChI=1S/C17H31N3O2/c18-13-17(7-11-22-12-8-17)16(21)19-14-5-9-20(10-6-14)15-3-1-2-4-15/h14-15H,1-13,18H2,(H,19,21). The number of carbonyl (C=O) groups excluding carboxylic acids is 1. The average Bonchev–Trinajstić information content (AvgIpc) is 3.10. The van der Waals surface area contributed by atoms with Crippen LogP contribution < -0.4 is 11.1 Å². The Morgan fingerprint density at radius 1 is 1.14 bits per heavy atom. The fourth-order valence-electron chi connectivity index (χ4n) is 4.30. The predicted molar refractivity (Wildman–Crippen MR) is 86.5 cm³/mol. The Kier molecular flexibility index (Phi) is 5.37. The topological polar surface area (TPSA) is 67.6 Å². The van der Waals surface area contributed by atoms with Crippen molar-refractivity contribution in [1.29, 1.82) is 0 Å². The second-order valence-electron chi connectivity index (χ2n) is 7.32. The molecule has 2 aliphatic heterocycles. The van der Waals surface area contributed by atoms with Gasteiger partial charge in [-0.15, -0.1) is 0 Å². The van der Waals surface area contributed by atoms with Gasteiger partial charge in [-0.1, -0.05) is 12.8 Å². The van der Waals surface area contributed by atoms with Crippen molar-refractivity contribution in [3.63, 3.8) is 0 Å². The summed E-state index contributed by atoms with van der Waals surface area (Å²) in [7, 11) is 0. The SMILES string of the molecule is NCC1(C(=O)NC2CCN(C3CCCC3)CC2)CCOCC1. The number of piperidine rings is 1. The van der Waals surface area contributed by atoms with E-state index in [0.29, 0.717) is 25.8 Å². The minimum atomic E-state index is -0.388. The molecule has 0 aromatic rings. The first-order valence-electron chi connectivity index (χ1n) is 9.06. The van der Waals surface area contributed by atoms with Crippen LogP contribution in [0.5, 0.6) is 0 Å². The number of hydrogen-bond acceptors (Lipinski definition) is 4. The molecule has 0 spiro atoms. The minimum Gasteiger partial charge on any atom is -0.381 e. The molecule has 0 atom stereocenters. The maximum Gasteiger partial charge on any atom is 0.227 e. The first-order chi connectivity index (χ1) is 10.7. The molecule has 5 heteroatoms. The van der Waals surface area contributed by atoms with Crippen LogP contribution in [0, 0.1) is 5.41 Å². The number of hydrogen-bond donors (Lipinski definition) is 2. The molecule has 3 aliphatic rings. The fraction of sp³-hybridized carbons (Fsp3) is 0.941. The molecule has 0 aromatic carbocycles. The molecular formula is C17H31N3O2. The number of nitrogens with zero attached hydrogens (tertiary/aromatic N) is 1. The Morgan fingerprint density at radius 2 is 1.77 bits per heavy atom. The van der Waals surface area contributed by atoms with Gasteiger partial charge in [0.1, 0.15) is 0 Å². The molecular weight excluding hydrogens is 278 g/mol. The lowest BCUT2D eigenvalue weighted by molar-refractivity contribution is -0.137. The zero-order chi connectivity index (χ0) is 15.4. The minimum absolute atomic E-state index is 0.164. The van der Waals surface area contributed by atoms with E-state index in [-0.39, 0.29) is 11.3 Å². The second kappa shape index (κ2) is 7.28. The van der Waals surface area contributed by atoms with Crippen molar-refractivity contribution in [2.24, 2.45) is 11.1 Å². The lowest BCUT2D eigenvalue weighted by Gasteiger charge is -2.39. The summed E-state index contributed by atoms with van der Waals surface area (Å²) in [5, 5.41) is 3.29. The number of nitrogens with one attached hydrogen (secondary N) is 1. The van der Waals surface area contributed by atoms with E-state index in [0.717, 1.165) is 44.8 Å². The number of likely N-dealkylation sites (tertiary alicyclic amines) is 1. The van der Waals surface area contributed by atoms with Crippen LogP contribution in [-0.4, -0.2) is 55.7 Å². The zero-order valence-electron chi connectivity index (χ0n) is 13.7. The van der Waals surface area contributed by atoms with Crippen LogP contribution in [0.2, 0.25) is 0 Å². The van der Waals surface area contributed by atoms with E-state index in [4.69, 9.17) is 10.5 Å².